The zero-order chi connectivity index (χ0) is 25.8. The highest BCUT2D eigenvalue weighted by molar-refractivity contribution is 6.37. The van der Waals surface area contributed by atoms with E-state index in [0.29, 0.717) is 41.2 Å². The number of rotatable bonds is 5. The van der Waals surface area contributed by atoms with Crippen molar-refractivity contribution in [2.45, 2.75) is 0 Å². The second-order valence-corrected chi connectivity index (χ2v) is 8.58. The first-order valence-electron chi connectivity index (χ1n) is 11.9. The summed E-state index contributed by atoms with van der Waals surface area (Å²) in [6, 6.07) is 21.7. The maximum atomic E-state index is 13.1. The molecular formula is C28H26N4O5. The zero-order valence-corrected chi connectivity index (χ0v) is 20.2. The minimum Gasteiger partial charge on any atom is -0.437 e. The molecule has 1 fully saturated rings. The van der Waals surface area contributed by atoms with Crippen LogP contribution in [0.1, 0.15) is 21.5 Å². The second-order valence-electron chi connectivity index (χ2n) is 8.58. The van der Waals surface area contributed by atoms with E-state index in [-0.39, 0.29) is 17.6 Å². The van der Waals surface area contributed by atoms with E-state index >= 15 is 0 Å². The van der Waals surface area contributed by atoms with E-state index in [1.54, 1.807) is 30.3 Å². The van der Waals surface area contributed by atoms with Crippen LogP contribution in [-0.4, -0.2) is 56.2 Å². The fourth-order valence-electron chi connectivity index (χ4n) is 4.38. The van der Waals surface area contributed by atoms with Crippen LogP contribution < -0.4 is 20.7 Å². The molecule has 0 aliphatic carbocycles. The Balaban J connectivity index is 1.47. The van der Waals surface area contributed by atoms with Gasteiger partial charge in [0.1, 0.15) is 5.75 Å². The van der Waals surface area contributed by atoms with Crippen LogP contribution in [0.2, 0.25) is 0 Å². The molecule has 0 spiro atoms. The van der Waals surface area contributed by atoms with Gasteiger partial charge in [0.25, 0.3) is 11.8 Å². The third kappa shape index (κ3) is 5.17. The number of anilines is 2. The highest BCUT2D eigenvalue weighted by Crippen LogP contribution is 2.39. The predicted octanol–water partition coefficient (Wildman–Crippen LogP) is 3.81. The van der Waals surface area contributed by atoms with Crippen molar-refractivity contribution in [3.63, 3.8) is 0 Å². The maximum Gasteiger partial charge on any atom is 0.513 e. The highest BCUT2D eigenvalue weighted by atomic mass is 16.7. The fraction of sp³-hybridized carbons (Fsp3) is 0.179. The van der Waals surface area contributed by atoms with Crippen molar-refractivity contribution in [2.75, 3.05) is 43.9 Å². The largest absolute Gasteiger partial charge is 0.513 e. The molecule has 0 radical (unpaired) electrons. The molecule has 3 aromatic carbocycles. The van der Waals surface area contributed by atoms with Crippen LogP contribution in [0.25, 0.3) is 11.3 Å². The minimum atomic E-state index is -0.842. The molecule has 2 heterocycles. The summed E-state index contributed by atoms with van der Waals surface area (Å²) >= 11 is 0. The molecule has 9 nitrogen and oxygen atoms in total. The van der Waals surface area contributed by atoms with E-state index < -0.39 is 6.16 Å². The number of fused-ring (bicyclic) bond motifs is 1. The molecule has 0 aromatic heterocycles. The molecule has 37 heavy (non-hydrogen) atoms. The summed E-state index contributed by atoms with van der Waals surface area (Å²) in [4.78, 5) is 39.3. The molecule has 5 rings (SSSR count). The van der Waals surface area contributed by atoms with E-state index in [9.17, 15) is 14.4 Å². The number of piperazine rings is 1. The molecule has 2 amide bonds. The standard InChI is InChI=1S/C28H26N4O5/c1-36-28(35)37-21-11-12-22-23(17-21)31-26(33)24(22)25(18-5-3-2-4-6-18)30-20-9-7-19(8-10-20)27(34)32-15-13-29-14-16-32/h2-12,17,29-30H,13-16H2,1H3,(H,31,33)/b25-24-. The average molecular weight is 499 g/mol. The Labute approximate surface area is 214 Å². The number of carbonyl (C=O) groups excluding carboxylic acids is 3. The number of nitrogens with one attached hydrogen (secondary N) is 3. The average Bonchev–Trinajstić information content (AvgIpc) is 3.27. The van der Waals surface area contributed by atoms with E-state index in [2.05, 4.69) is 20.7 Å². The van der Waals surface area contributed by atoms with Gasteiger partial charge in [-0.1, -0.05) is 30.3 Å². The number of hydrogen-bond acceptors (Lipinski definition) is 7. The van der Waals surface area contributed by atoms with Crippen LogP contribution >= 0.6 is 0 Å². The smallest absolute Gasteiger partial charge is 0.437 e. The first kappa shape index (κ1) is 24.1. The van der Waals surface area contributed by atoms with Gasteiger partial charge in [0, 0.05) is 49.1 Å². The van der Waals surface area contributed by atoms with Gasteiger partial charge < -0.3 is 30.3 Å². The van der Waals surface area contributed by atoms with Crippen molar-refractivity contribution >= 4 is 40.6 Å². The monoisotopic (exact) mass is 498 g/mol. The summed E-state index contributed by atoms with van der Waals surface area (Å²) in [5.74, 6) is -0.0306. The molecule has 3 aromatic rings. The van der Waals surface area contributed by atoms with Crippen LogP contribution in [0.4, 0.5) is 16.2 Å². The molecule has 3 N–H and O–H groups in total. The number of amides is 2. The van der Waals surface area contributed by atoms with Gasteiger partial charge in [-0.2, -0.15) is 0 Å². The Morgan fingerprint density at radius 2 is 1.65 bits per heavy atom. The lowest BCUT2D eigenvalue weighted by Gasteiger charge is -2.27. The van der Waals surface area contributed by atoms with Crippen LogP contribution in [0.5, 0.6) is 5.75 Å². The second kappa shape index (κ2) is 10.5. The Morgan fingerprint density at radius 1 is 0.919 bits per heavy atom. The summed E-state index contributed by atoms with van der Waals surface area (Å²) in [6.07, 6.45) is -0.842. The molecule has 188 valence electrons. The van der Waals surface area contributed by atoms with Crippen molar-refractivity contribution in [1.82, 2.24) is 10.2 Å². The van der Waals surface area contributed by atoms with Crippen LogP contribution in [-0.2, 0) is 9.53 Å². The first-order valence-corrected chi connectivity index (χ1v) is 11.9. The lowest BCUT2D eigenvalue weighted by atomic mass is 10.00. The molecule has 1 saturated heterocycles. The normalized spacial score (nSPS) is 15.9. The van der Waals surface area contributed by atoms with E-state index in [4.69, 9.17) is 4.74 Å². The molecule has 0 unspecified atom stereocenters. The SMILES string of the molecule is COC(=O)Oc1ccc2c(c1)NC(=O)/C2=C(\Nc1ccc(C(=O)N2CCNCC2)cc1)c1ccccc1. The first-order chi connectivity index (χ1) is 18.0. The number of hydrogen-bond donors (Lipinski definition) is 3. The topological polar surface area (TPSA) is 109 Å². The van der Waals surface area contributed by atoms with Gasteiger partial charge in [0.15, 0.2) is 0 Å². The molecular weight excluding hydrogens is 472 g/mol. The van der Waals surface area contributed by atoms with Gasteiger partial charge in [-0.15, -0.1) is 0 Å². The Bertz CT molecular complexity index is 1360. The van der Waals surface area contributed by atoms with Crippen molar-refractivity contribution in [3.8, 4) is 5.75 Å². The molecule has 0 atom stereocenters. The Kier molecular flexibility index (Phi) is 6.87. The third-order valence-electron chi connectivity index (χ3n) is 6.22. The molecule has 2 aliphatic rings. The van der Waals surface area contributed by atoms with Crippen LogP contribution in [0.3, 0.4) is 0 Å². The van der Waals surface area contributed by atoms with Gasteiger partial charge in [-0.05, 0) is 42.0 Å². The lowest BCUT2D eigenvalue weighted by Crippen LogP contribution is -2.46. The molecule has 0 bridgehead atoms. The van der Waals surface area contributed by atoms with Crippen molar-refractivity contribution in [3.05, 3.63) is 89.5 Å². The van der Waals surface area contributed by atoms with Gasteiger partial charge in [-0.25, -0.2) is 4.79 Å². The minimum absolute atomic E-state index is 0.00348. The number of benzene rings is 3. The highest BCUT2D eigenvalue weighted by Gasteiger charge is 2.29. The summed E-state index contributed by atoms with van der Waals surface area (Å²) in [5, 5.41) is 9.49. The van der Waals surface area contributed by atoms with E-state index in [1.165, 1.54) is 7.11 Å². The van der Waals surface area contributed by atoms with Gasteiger partial charge in [0.2, 0.25) is 0 Å². The molecule has 9 heteroatoms. The van der Waals surface area contributed by atoms with Gasteiger partial charge in [0.05, 0.1) is 24.1 Å². The summed E-state index contributed by atoms with van der Waals surface area (Å²) < 4.78 is 9.64. The zero-order valence-electron chi connectivity index (χ0n) is 20.2. The van der Waals surface area contributed by atoms with E-state index in [0.717, 1.165) is 24.3 Å². The Hall–Kier alpha value is -4.63. The summed E-state index contributed by atoms with van der Waals surface area (Å²) in [7, 11) is 1.23. The fourth-order valence-corrected chi connectivity index (χ4v) is 4.38. The van der Waals surface area contributed by atoms with Crippen LogP contribution in [0.15, 0.2) is 72.8 Å². The number of ether oxygens (including phenoxy) is 2. The van der Waals surface area contributed by atoms with E-state index in [1.807, 2.05) is 47.4 Å². The Morgan fingerprint density at radius 3 is 2.35 bits per heavy atom. The molecule has 2 aliphatic heterocycles. The predicted molar refractivity (Wildman–Crippen MR) is 140 cm³/mol. The summed E-state index contributed by atoms with van der Waals surface area (Å²) in [5.41, 5.74) is 4.41. The van der Waals surface area contributed by atoms with Crippen molar-refractivity contribution in [1.29, 1.82) is 0 Å². The maximum absolute atomic E-state index is 13.1. The molecule has 0 saturated carbocycles. The number of methoxy groups -OCH3 is 1. The van der Waals surface area contributed by atoms with Crippen LogP contribution in [0, 0.1) is 0 Å². The number of carbonyl (C=O) groups is 3. The van der Waals surface area contributed by atoms with Crippen molar-refractivity contribution < 1.29 is 23.9 Å². The van der Waals surface area contributed by atoms with Gasteiger partial charge >= 0.3 is 6.16 Å². The van der Waals surface area contributed by atoms with Gasteiger partial charge in [-0.3, -0.25) is 9.59 Å². The number of nitrogens with zero attached hydrogens (tertiary/aromatic N) is 1. The summed E-state index contributed by atoms with van der Waals surface area (Å²) in [6.45, 7) is 2.95. The van der Waals surface area contributed by atoms with Crippen molar-refractivity contribution in [2.24, 2.45) is 0 Å². The quantitative estimate of drug-likeness (QED) is 0.279. The lowest BCUT2D eigenvalue weighted by molar-refractivity contribution is -0.110. The third-order valence-corrected chi connectivity index (χ3v) is 6.22.